The fraction of sp³-hybridized carbons (Fsp3) is 0.500. The molecule has 1 N–H and O–H groups in total. The molecule has 0 atom stereocenters. The van der Waals surface area contributed by atoms with Gasteiger partial charge in [-0.2, -0.15) is 0 Å². The third-order valence-corrected chi connectivity index (χ3v) is 4.58. The number of piperazine rings is 1. The Morgan fingerprint density at radius 3 is 2.56 bits per heavy atom. The number of carbonyl (C=O) groups is 3. The molecule has 7 heteroatoms. The Morgan fingerprint density at radius 1 is 1.12 bits per heavy atom. The van der Waals surface area contributed by atoms with Gasteiger partial charge < -0.3 is 19.9 Å². The van der Waals surface area contributed by atoms with E-state index in [9.17, 15) is 14.4 Å². The molecule has 1 aromatic carbocycles. The van der Waals surface area contributed by atoms with Crippen LogP contribution >= 0.6 is 0 Å². The zero-order valence-electron chi connectivity index (χ0n) is 14.4. The van der Waals surface area contributed by atoms with Gasteiger partial charge in [0.1, 0.15) is 0 Å². The molecule has 0 bridgehead atoms. The van der Waals surface area contributed by atoms with E-state index in [1.54, 1.807) is 16.7 Å². The van der Waals surface area contributed by atoms with Crippen LogP contribution in [0.5, 0.6) is 0 Å². The first-order valence-electron chi connectivity index (χ1n) is 8.68. The molecule has 0 unspecified atom stereocenters. The number of carbonyl (C=O) groups excluding carboxylic acids is 3. The number of nitrogens with zero attached hydrogens (tertiary/aromatic N) is 2. The van der Waals surface area contributed by atoms with Crippen LogP contribution in [0.1, 0.15) is 24.5 Å². The van der Waals surface area contributed by atoms with Crippen LogP contribution in [-0.2, 0) is 27.2 Å². The molecule has 134 valence electrons. The highest BCUT2D eigenvalue weighted by atomic mass is 16.6. The van der Waals surface area contributed by atoms with Gasteiger partial charge >= 0.3 is 6.09 Å². The molecule has 0 saturated carbocycles. The van der Waals surface area contributed by atoms with Gasteiger partial charge in [-0.3, -0.25) is 9.59 Å². The van der Waals surface area contributed by atoms with E-state index in [1.807, 2.05) is 18.2 Å². The average molecular weight is 345 g/mol. The minimum atomic E-state index is -0.314. The van der Waals surface area contributed by atoms with E-state index in [2.05, 4.69) is 5.32 Å². The molecule has 1 fully saturated rings. The van der Waals surface area contributed by atoms with Crippen molar-refractivity contribution in [3.8, 4) is 0 Å². The lowest BCUT2D eigenvalue weighted by atomic mass is 9.99. The average Bonchev–Trinajstić information content (AvgIpc) is 2.62. The summed E-state index contributed by atoms with van der Waals surface area (Å²) in [6, 6.07) is 5.76. The number of aryl methyl sites for hydroxylation is 1. The first kappa shape index (κ1) is 17.3. The van der Waals surface area contributed by atoms with Crippen molar-refractivity contribution in [1.29, 1.82) is 0 Å². The largest absolute Gasteiger partial charge is 0.450 e. The topological polar surface area (TPSA) is 79.0 Å². The predicted molar refractivity (Wildman–Crippen MR) is 92.3 cm³/mol. The number of ether oxygens (including phenoxy) is 1. The van der Waals surface area contributed by atoms with Crippen LogP contribution in [-0.4, -0.2) is 60.5 Å². The van der Waals surface area contributed by atoms with E-state index < -0.39 is 0 Å². The maximum Gasteiger partial charge on any atom is 0.409 e. The highest BCUT2D eigenvalue weighted by molar-refractivity contribution is 5.94. The lowest BCUT2D eigenvalue weighted by Gasteiger charge is -2.34. The number of amides is 3. The summed E-state index contributed by atoms with van der Waals surface area (Å²) in [5.41, 5.74) is 2.88. The number of nitrogens with one attached hydrogen (secondary N) is 1. The first-order valence-corrected chi connectivity index (χ1v) is 8.68. The smallest absolute Gasteiger partial charge is 0.409 e. The van der Waals surface area contributed by atoms with Crippen LogP contribution < -0.4 is 5.32 Å². The van der Waals surface area contributed by atoms with E-state index in [0.717, 1.165) is 16.8 Å². The maximum absolute atomic E-state index is 12.5. The number of benzene rings is 1. The molecule has 3 amide bonds. The predicted octanol–water partition coefficient (Wildman–Crippen LogP) is 1.41. The summed E-state index contributed by atoms with van der Waals surface area (Å²) in [5.74, 6) is 0.0964. The molecule has 0 spiro atoms. The Hall–Kier alpha value is -2.57. The molecule has 25 heavy (non-hydrogen) atoms. The van der Waals surface area contributed by atoms with Gasteiger partial charge in [0, 0.05) is 38.3 Å². The zero-order valence-corrected chi connectivity index (χ0v) is 14.4. The van der Waals surface area contributed by atoms with Gasteiger partial charge in [0.15, 0.2) is 0 Å². The summed E-state index contributed by atoms with van der Waals surface area (Å²) in [6.07, 6.45) is 1.22. The molecular formula is C18H23N3O4. The number of hydrogen-bond donors (Lipinski definition) is 1. The van der Waals surface area contributed by atoms with Crippen LogP contribution in [0, 0.1) is 0 Å². The number of fused-ring (bicyclic) bond motifs is 1. The van der Waals surface area contributed by atoms with Gasteiger partial charge in [0.2, 0.25) is 11.8 Å². The summed E-state index contributed by atoms with van der Waals surface area (Å²) in [5, 5.41) is 2.85. The molecular weight excluding hydrogens is 322 g/mol. The Bertz CT molecular complexity index is 681. The van der Waals surface area contributed by atoms with Crippen molar-refractivity contribution in [2.24, 2.45) is 0 Å². The van der Waals surface area contributed by atoms with Crippen molar-refractivity contribution in [2.45, 2.75) is 26.2 Å². The molecule has 2 aliphatic rings. The summed E-state index contributed by atoms with van der Waals surface area (Å²) < 4.78 is 4.99. The zero-order chi connectivity index (χ0) is 17.8. The fourth-order valence-corrected chi connectivity index (χ4v) is 3.19. The van der Waals surface area contributed by atoms with E-state index in [4.69, 9.17) is 4.74 Å². The van der Waals surface area contributed by atoms with Gasteiger partial charge in [-0.15, -0.1) is 0 Å². The van der Waals surface area contributed by atoms with Gasteiger partial charge in [-0.25, -0.2) is 4.79 Å². The van der Waals surface area contributed by atoms with Crippen LogP contribution in [0.4, 0.5) is 10.5 Å². The minimum Gasteiger partial charge on any atom is -0.450 e. The third kappa shape index (κ3) is 4.10. The second-order valence-electron chi connectivity index (χ2n) is 6.28. The van der Waals surface area contributed by atoms with Crippen molar-refractivity contribution in [1.82, 2.24) is 9.80 Å². The minimum absolute atomic E-state index is 0.0378. The van der Waals surface area contributed by atoms with E-state index in [0.29, 0.717) is 52.0 Å². The maximum atomic E-state index is 12.5. The van der Waals surface area contributed by atoms with Gasteiger partial charge in [-0.1, -0.05) is 12.1 Å². The van der Waals surface area contributed by atoms with Crippen LogP contribution in [0.25, 0.3) is 0 Å². The molecule has 0 aliphatic carbocycles. The lowest BCUT2D eigenvalue weighted by Crippen LogP contribution is -2.51. The van der Waals surface area contributed by atoms with Gasteiger partial charge in [-0.05, 0) is 30.5 Å². The van der Waals surface area contributed by atoms with E-state index in [-0.39, 0.29) is 17.9 Å². The number of anilines is 1. The SMILES string of the molecule is CCOC(=O)N1CCN(C(=O)Cc2ccc3c(c2)CCC(=O)N3)CC1. The Labute approximate surface area is 146 Å². The van der Waals surface area contributed by atoms with Crippen LogP contribution in [0.2, 0.25) is 0 Å². The van der Waals surface area contributed by atoms with Crippen molar-refractivity contribution in [2.75, 3.05) is 38.1 Å². The Morgan fingerprint density at radius 2 is 1.84 bits per heavy atom. The highest BCUT2D eigenvalue weighted by Gasteiger charge is 2.25. The van der Waals surface area contributed by atoms with Crippen molar-refractivity contribution < 1.29 is 19.1 Å². The second-order valence-corrected chi connectivity index (χ2v) is 6.28. The third-order valence-electron chi connectivity index (χ3n) is 4.58. The number of hydrogen-bond acceptors (Lipinski definition) is 4. The number of rotatable bonds is 3. The van der Waals surface area contributed by atoms with Crippen molar-refractivity contribution in [3.05, 3.63) is 29.3 Å². The molecule has 1 aromatic rings. The molecule has 2 aliphatic heterocycles. The summed E-state index contributed by atoms with van der Waals surface area (Å²) >= 11 is 0. The molecule has 2 heterocycles. The van der Waals surface area contributed by atoms with Crippen molar-refractivity contribution >= 4 is 23.6 Å². The Kier molecular flexibility index (Phi) is 5.21. The van der Waals surface area contributed by atoms with Crippen molar-refractivity contribution in [3.63, 3.8) is 0 Å². The standard InChI is InChI=1S/C18H23N3O4/c1-2-25-18(24)21-9-7-20(8-10-21)17(23)12-13-3-5-15-14(11-13)4-6-16(22)19-15/h3,5,11H,2,4,6-10,12H2,1H3,(H,19,22). The van der Waals surface area contributed by atoms with Gasteiger partial charge in [0.25, 0.3) is 0 Å². The monoisotopic (exact) mass is 345 g/mol. The summed E-state index contributed by atoms with van der Waals surface area (Å²) in [6.45, 7) is 4.19. The molecule has 0 radical (unpaired) electrons. The van der Waals surface area contributed by atoms with E-state index >= 15 is 0 Å². The Balaban J connectivity index is 1.55. The normalized spacial score (nSPS) is 16.9. The second kappa shape index (κ2) is 7.55. The summed E-state index contributed by atoms with van der Waals surface area (Å²) in [4.78, 5) is 39.0. The fourth-order valence-electron chi connectivity index (χ4n) is 3.19. The molecule has 0 aromatic heterocycles. The lowest BCUT2D eigenvalue weighted by molar-refractivity contribution is -0.132. The molecule has 7 nitrogen and oxygen atoms in total. The quantitative estimate of drug-likeness (QED) is 0.898. The molecule has 1 saturated heterocycles. The molecule has 3 rings (SSSR count). The van der Waals surface area contributed by atoms with Gasteiger partial charge in [0.05, 0.1) is 13.0 Å². The highest BCUT2D eigenvalue weighted by Crippen LogP contribution is 2.24. The van der Waals surface area contributed by atoms with E-state index in [1.165, 1.54) is 0 Å². The van der Waals surface area contributed by atoms with Crippen LogP contribution in [0.15, 0.2) is 18.2 Å². The summed E-state index contributed by atoms with van der Waals surface area (Å²) in [7, 11) is 0. The van der Waals surface area contributed by atoms with Crippen LogP contribution in [0.3, 0.4) is 0 Å². The first-order chi connectivity index (χ1) is 12.1.